The van der Waals surface area contributed by atoms with E-state index >= 15 is 0 Å². The summed E-state index contributed by atoms with van der Waals surface area (Å²) in [6.07, 6.45) is 0. The highest BCUT2D eigenvalue weighted by molar-refractivity contribution is 14.1. The molecular formula is C13H11BrINOS. The molecule has 0 aliphatic carbocycles. The number of thiophene rings is 1. The quantitative estimate of drug-likeness (QED) is 0.655. The summed E-state index contributed by atoms with van der Waals surface area (Å²) in [7, 11) is 1.83. The molecule has 18 heavy (non-hydrogen) atoms. The van der Waals surface area contributed by atoms with Crippen molar-refractivity contribution in [1.29, 1.82) is 0 Å². The molecule has 0 saturated heterocycles. The van der Waals surface area contributed by atoms with Crippen LogP contribution in [0.3, 0.4) is 0 Å². The van der Waals surface area contributed by atoms with Crippen molar-refractivity contribution in [3.05, 3.63) is 54.2 Å². The molecule has 0 spiro atoms. The molecule has 1 heterocycles. The van der Waals surface area contributed by atoms with Crippen molar-refractivity contribution >= 4 is 55.8 Å². The standard InChI is InChI=1S/C13H11BrINOS/c1-16(7-9-4-5-18-8-9)13(17)11-6-10(14)2-3-12(11)15/h2-6,8H,7H2,1H3. The number of carbonyl (C=O) groups excluding carboxylic acids is 1. The van der Waals surface area contributed by atoms with Gasteiger partial charge in [-0.15, -0.1) is 0 Å². The first kappa shape index (κ1) is 14.0. The molecule has 1 amide bonds. The number of amides is 1. The molecule has 94 valence electrons. The summed E-state index contributed by atoms with van der Waals surface area (Å²) in [6.45, 7) is 0.644. The molecule has 0 radical (unpaired) electrons. The van der Waals surface area contributed by atoms with E-state index in [1.165, 1.54) is 5.56 Å². The number of hydrogen-bond donors (Lipinski definition) is 0. The van der Waals surface area contributed by atoms with E-state index in [2.05, 4.69) is 43.9 Å². The van der Waals surface area contributed by atoms with Crippen LogP contribution in [0.15, 0.2) is 39.5 Å². The number of benzene rings is 1. The average molecular weight is 436 g/mol. The molecule has 5 heteroatoms. The van der Waals surface area contributed by atoms with E-state index in [1.807, 2.05) is 36.7 Å². The summed E-state index contributed by atoms with van der Waals surface area (Å²) in [6, 6.07) is 7.79. The van der Waals surface area contributed by atoms with Gasteiger partial charge >= 0.3 is 0 Å². The van der Waals surface area contributed by atoms with Crippen molar-refractivity contribution in [2.45, 2.75) is 6.54 Å². The molecule has 0 N–H and O–H groups in total. The predicted octanol–water partition coefficient (Wildman–Crippen LogP) is 4.39. The maximum absolute atomic E-state index is 12.3. The minimum atomic E-state index is 0.0481. The first-order valence-electron chi connectivity index (χ1n) is 5.29. The van der Waals surface area contributed by atoms with Crippen LogP contribution in [-0.2, 0) is 6.54 Å². The van der Waals surface area contributed by atoms with E-state index in [9.17, 15) is 4.79 Å². The molecule has 0 unspecified atom stereocenters. The van der Waals surface area contributed by atoms with E-state index in [4.69, 9.17) is 0 Å². The third-order valence-electron chi connectivity index (χ3n) is 2.51. The van der Waals surface area contributed by atoms with Crippen molar-refractivity contribution < 1.29 is 4.79 Å². The Hall–Kier alpha value is -0.400. The van der Waals surface area contributed by atoms with E-state index in [0.29, 0.717) is 6.54 Å². The number of halogens is 2. The predicted molar refractivity (Wildman–Crippen MR) is 87.0 cm³/mol. The number of rotatable bonds is 3. The van der Waals surface area contributed by atoms with Crippen LogP contribution in [0.1, 0.15) is 15.9 Å². The molecule has 2 aromatic rings. The zero-order valence-corrected chi connectivity index (χ0v) is 14.3. The van der Waals surface area contributed by atoms with Crippen LogP contribution < -0.4 is 0 Å². The summed E-state index contributed by atoms with van der Waals surface area (Å²) >= 11 is 7.24. The van der Waals surface area contributed by atoms with Gasteiger partial charge in [-0.1, -0.05) is 15.9 Å². The maximum Gasteiger partial charge on any atom is 0.255 e. The van der Waals surface area contributed by atoms with Gasteiger partial charge in [0.1, 0.15) is 0 Å². The molecular weight excluding hydrogens is 425 g/mol. The fraction of sp³-hybridized carbons (Fsp3) is 0.154. The molecule has 0 bridgehead atoms. The topological polar surface area (TPSA) is 20.3 Å². The lowest BCUT2D eigenvalue weighted by molar-refractivity contribution is 0.0784. The normalized spacial score (nSPS) is 10.4. The van der Waals surface area contributed by atoms with E-state index in [-0.39, 0.29) is 5.91 Å². The van der Waals surface area contributed by atoms with Crippen LogP contribution in [-0.4, -0.2) is 17.9 Å². The second-order valence-corrected chi connectivity index (χ2v) is 6.77. The van der Waals surface area contributed by atoms with E-state index in [1.54, 1.807) is 16.2 Å². The number of hydrogen-bond acceptors (Lipinski definition) is 2. The first-order valence-corrected chi connectivity index (χ1v) is 8.11. The lowest BCUT2D eigenvalue weighted by Crippen LogP contribution is -2.26. The SMILES string of the molecule is CN(Cc1ccsc1)C(=O)c1cc(Br)ccc1I. The average Bonchev–Trinajstić information content (AvgIpc) is 2.84. The molecule has 0 aliphatic heterocycles. The minimum Gasteiger partial charge on any atom is -0.337 e. The van der Waals surface area contributed by atoms with Crippen LogP contribution in [0.25, 0.3) is 0 Å². The van der Waals surface area contributed by atoms with Gasteiger partial charge in [0.25, 0.3) is 5.91 Å². The fourth-order valence-corrected chi connectivity index (χ4v) is 3.18. The number of carbonyl (C=O) groups is 1. The third kappa shape index (κ3) is 3.33. The van der Waals surface area contributed by atoms with Gasteiger partial charge in [0.05, 0.1) is 5.56 Å². The van der Waals surface area contributed by atoms with Crippen LogP contribution in [0.4, 0.5) is 0 Å². The Morgan fingerprint density at radius 2 is 2.22 bits per heavy atom. The highest BCUT2D eigenvalue weighted by Crippen LogP contribution is 2.20. The van der Waals surface area contributed by atoms with Crippen molar-refractivity contribution in [3.63, 3.8) is 0 Å². The van der Waals surface area contributed by atoms with Gasteiger partial charge in [0, 0.05) is 21.6 Å². The maximum atomic E-state index is 12.3. The molecule has 0 atom stereocenters. The second kappa shape index (κ2) is 6.16. The van der Waals surface area contributed by atoms with Gasteiger partial charge in [-0.2, -0.15) is 11.3 Å². The Morgan fingerprint density at radius 1 is 1.44 bits per heavy atom. The lowest BCUT2D eigenvalue weighted by Gasteiger charge is -2.17. The van der Waals surface area contributed by atoms with Gasteiger partial charge in [-0.25, -0.2) is 0 Å². The monoisotopic (exact) mass is 435 g/mol. The van der Waals surface area contributed by atoms with Crippen molar-refractivity contribution in [2.24, 2.45) is 0 Å². The summed E-state index contributed by atoms with van der Waals surface area (Å²) in [5.41, 5.74) is 1.91. The Morgan fingerprint density at radius 3 is 2.89 bits per heavy atom. The Balaban J connectivity index is 2.17. The lowest BCUT2D eigenvalue weighted by atomic mass is 10.2. The smallest absolute Gasteiger partial charge is 0.255 e. The van der Waals surface area contributed by atoms with Crippen molar-refractivity contribution in [1.82, 2.24) is 4.90 Å². The molecule has 0 saturated carbocycles. The molecule has 2 nitrogen and oxygen atoms in total. The van der Waals surface area contributed by atoms with Gasteiger partial charge in [0.2, 0.25) is 0 Å². The summed E-state index contributed by atoms with van der Waals surface area (Å²) in [5.74, 6) is 0.0481. The van der Waals surface area contributed by atoms with Gasteiger partial charge < -0.3 is 4.90 Å². The molecule has 1 aromatic carbocycles. The highest BCUT2D eigenvalue weighted by atomic mass is 127. The molecule has 0 fully saturated rings. The second-order valence-electron chi connectivity index (χ2n) is 3.92. The van der Waals surface area contributed by atoms with Gasteiger partial charge in [-0.3, -0.25) is 4.79 Å². The minimum absolute atomic E-state index is 0.0481. The van der Waals surface area contributed by atoms with Crippen molar-refractivity contribution in [2.75, 3.05) is 7.05 Å². The highest BCUT2D eigenvalue weighted by Gasteiger charge is 2.15. The van der Waals surface area contributed by atoms with E-state index in [0.717, 1.165) is 13.6 Å². The largest absolute Gasteiger partial charge is 0.337 e. The summed E-state index contributed by atoms with van der Waals surface area (Å²) in [5, 5.41) is 4.09. The zero-order valence-electron chi connectivity index (χ0n) is 9.69. The molecule has 2 rings (SSSR count). The van der Waals surface area contributed by atoms with Crippen LogP contribution in [0.2, 0.25) is 0 Å². The summed E-state index contributed by atoms with van der Waals surface area (Å²) < 4.78 is 1.90. The Bertz CT molecular complexity index is 556. The van der Waals surface area contributed by atoms with Crippen molar-refractivity contribution in [3.8, 4) is 0 Å². The fourth-order valence-electron chi connectivity index (χ4n) is 1.60. The Labute approximate surface area is 132 Å². The van der Waals surface area contributed by atoms with Crippen LogP contribution in [0, 0.1) is 3.57 Å². The number of nitrogens with zero attached hydrogens (tertiary/aromatic N) is 1. The summed E-state index contributed by atoms with van der Waals surface area (Å²) in [4.78, 5) is 14.1. The first-order chi connectivity index (χ1) is 8.58. The molecule has 1 aromatic heterocycles. The van der Waals surface area contributed by atoms with Crippen LogP contribution in [0.5, 0.6) is 0 Å². The third-order valence-corrected chi connectivity index (χ3v) is 4.67. The van der Waals surface area contributed by atoms with Crippen LogP contribution >= 0.6 is 49.9 Å². The van der Waals surface area contributed by atoms with Gasteiger partial charge in [-0.05, 0) is 63.2 Å². The Kier molecular flexibility index (Phi) is 4.80. The molecule has 0 aliphatic rings. The van der Waals surface area contributed by atoms with Gasteiger partial charge in [0.15, 0.2) is 0 Å². The zero-order chi connectivity index (χ0) is 13.1. The van der Waals surface area contributed by atoms with E-state index < -0.39 is 0 Å².